The Bertz CT molecular complexity index is 649. The highest BCUT2D eigenvalue weighted by molar-refractivity contribution is 5.51. The number of hydrogen-bond donors (Lipinski definition) is 1. The maximum Gasteiger partial charge on any atom is 0.169 e. The number of benzene rings is 2. The Balaban J connectivity index is 1.87. The summed E-state index contributed by atoms with van der Waals surface area (Å²) >= 11 is 0. The van der Waals surface area contributed by atoms with Crippen LogP contribution in [0.15, 0.2) is 42.5 Å². The first-order valence-corrected chi connectivity index (χ1v) is 7.35. The number of rotatable bonds is 4. The van der Waals surface area contributed by atoms with Gasteiger partial charge in [0.1, 0.15) is 11.4 Å². The molecule has 1 aliphatic heterocycles. The molecule has 0 radical (unpaired) electrons. The minimum Gasteiger partial charge on any atom is -0.483 e. The molecule has 3 rings (SSSR count). The van der Waals surface area contributed by atoms with E-state index in [0.29, 0.717) is 6.54 Å². The van der Waals surface area contributed by atoms with E-state index in [1.165, 1.54) is 11.1 Å². The molecule has 1 aliphatic rings. The van der Waals surface area contributed by atoms with Crippen LogP contribution in [0.25, 0.3) is 0 Å². The van der Waals surface area contributed by atoms with E-state index < -0.39 is 0 Å². The van der Waals surface area contributed by atoms with E-state index in [1.807, 2.05) is 30.3 Å². The summed E-state index contributed by atoms with van der Waals surface area (Å²) in [6, 6.07) is 14.1. The summed E-state index contributed by atoms with van der Waals surface area (Å²) in [6.45, 7) is 4.83. The van der Waals surface area contributed by atoms with Gasteiger partial charge in [0.15, 0.2) is 11.5 Å². The van der Waals surface area contributed by atoms with E-state index in [0.717, 1.165) is 30.1 Å². The zero-order valence-electron chi connectivity index (χ0n) is 12.6. The molecule has 21 heavy (non-hydrogen) atoms. The monoisotopic (exact) mass is 283 g/mol. The van der Waals surface area contributed by atoms with E-state index >= 15 is 0 Å². The van der Waals surface area contributed by atoms with Crippen molar-refractivity contribution in [3.8, 4) is 17.2 Å². The number of ether oxygens (including phenoxy) is 2. The highest BCUT2D eigenvalue weighted by Crippen LogP contribution is 2.43. The standard InChI is InChI=1S/C18H21NO2/c1-18(2)12-14-6-4-8-16(17(14)21-18)20-15-7-3-5-13(11-15)9-10-19/h3-8,11H,9-10,12,19H2,1-2H3. The molecule has 2 N–H and O–H groups in total. The fraction of sp³-hybridized carbons (Fsp3) is 0.333. The molecular weight excluding hydrogens is 262 g/mol. The van der Waals surface area contributed by atoms with Crippen LogP contribution < -0.4 is 15.2 Å². The predicted octanol–water partition coefficient (Wildman–Crippen LogP) is 3.69. The van der Waals surface area contributed by atoms with Crippen LogP contribution in [0.5, 0.6) is 17.2 Å². The zero-order valence-corrected chi connectivity index (χ0v) is 12.6. The third-order valence-electron chi connectivity index (χ3n) is 3.61. The maximum absolute atomic E-state index is 6.04. The van der Waals surface area contributed by atoms with Crippen LogP contribution in [-0.2, 0) is 12.8 Å². The van der Waals surface area contributed by atoms with Crippen molar-refractivity contribution in [3.05, 3.63) is 53.6 Å². The summed E-state index contributed by atoms with van der Waals surface area (Å²) in [5.41, 5.74) is 7.83. The van der Waals surface area contributed by atoms with Crippen LogP contribution >= 0.6 is 0 Å². The van der Waals surface area contributed by atoms with Crippen LogP contribution in [-0.4, -0.2) is 12.1 Å². The smallest absolute Gasteiger partial charge is 0.169 e. The molecule has 0 unspecified atom stereocenters. The molecule has 0 aliphatic carbocycles. The average Bonchev–Trinajstić information content (AvgIpc) is 2.75. The Morgan fingerprint density at radius 2 is 2.00 bits per heavy atom. The SMILES string of the molecule is CC1(C)Cc2cccc(Oc3cccc(CCN)c3)c2O1. The van der Waals surface area contributed by atoms with Crippen molar-refractivity contribution in [1.29, 1.82) is 0 Å². The van der Waals surface area contributed by atoms with E-state index in [2.05, 4.69) is 26.0 Å². The first-order chi connectivity index (χ1) is 10.1. The van der Waals surface area contributed by atoms with E-state index in [4.69, 9.17) is 15.2 Å². The normalized spacial score (nSPS) is 15.4. The quantitative estimate of drug-likeness (QED) is 0.930. The summed E-state index contributed by atoms with van der Waals surface area (Å²) in [6.07, 6.45) is 1.76. The highest BCUT2D eigenvalue weighted by Gasteiger charge is 2.32. The molecule has 3 nitrogen and oxygen atoms in total. The second-order valence-corrected chi connectivity index (χ2v) is 6.07. The van der Waals surface area contributed by atoms with Gasteiger partial charge in [-0.1, -0.05) is 24.3 Å². The van der Waals surface area contributed by atoms with Crippen molar-refractivity contribution in [2.24, 2.45) is 5.73 Å². The fourth-order valence-electron chi connectivity index (χ4n) is 2.73. The number of hydrogen-bond acceptors (Lipinski definition) is 3. The summed E-state index contributed by atoms with van der Waals surface area (Å²) in [7, 11) is 0. The number of para-hydroxylation sites is 1. The maximum atomic E-state index is 6.04. The van der Waals surface area contributed by atoms with Crippen molar-refractivity contribution < 1.29 is 9.47 Å². The summed E-state index contributed by atoms with van der Waals surface area (Å²) in [5, 5.41) is 0. The number of nitrogens with two attached hydrogens (primary N) is 1. The van der Waals surface area contributed by atoms with Crippen LogP contribution in [0.3, 0.4) is 0 Å². The molecule has 0 saturated heterocycles. The van der Waals surface area contributed by atoms with Gasteiger partial charge in [-0.25, -0.2) is 0 Å². The zero-order chi connectivity index (χ0) is 14.9. The average molecular weight is 283 g/mol. The molecule has 0 saturated carbocycles. The lowest BCUT2D eigenvalue weighted by Gasteiger charge is -2.18. The lowest BCUT2D eigenvalue weighted by atomic mass is 10.0. The molecule has 2 aromatic rings. The lowest BCUT2D eigenvalue weighted by Crippen LogP contribution is -2.24. The largest absolute Gasteiger partial charge is 0.483 e. The third kappa shape index (κ3) is 3.03. The highest BCUT2D eigenvalue weighted by atomic mass is 16.5. The van der Waals surface area contributed by atoms with Crippen molar-refractivity contribution in [2.45, 2.75) is 32.3 Å². The predicted molar refractivity (Wildman–Crippen MR) is 84.1 cm³/mol. The van der Waals surface area contributed by atoms with Crippen molar-refractivity contribution in [1.82, 2.24) is 0 Å². The summed E-state index contributed by atoms with van der Waals surface area (Å²) < 4.78 is 12.1. The first-order valence-electron chi connectivity index (χ1n) is 7.35. The van der Waals surface area contributed by atoms with Gasteiger partial charge in [-0.2, -0.15) is 0 Å². The van der Waals surface area contributed by atoms with Crippen LogP contribution in [0.1, 0.15) is 25.0 Å². The third-order valence-corrected chi connectivity index (χ3v) is 3.61. The Hall–Kier alpha value is -2.00. The molecule has 3 heteroatoms. The first kappa shape index (κ1) is 14.0. The second-order valence-electron chi connectivity index (χ2n) is 6.07. The van der Waals surface area contributed by atoms with Gasteiger partial charge >= 0.3 is 0 Å². The molecule has 0 atom stereocenters. The van der Waals surface area contributed by atoms with Gasteiger partial charge in [-0.15, -0.1) is 0 Å². The summed E-state index contributed by atoms with van der Waals surface area (Å²) in [4.78, 5) is 0. The molecule has 110 valence electrons. The van der Waals surface area contributed by atoms with Crippen LogP contribution in [0, 0.1) is 0 Å². The molecule has 0 spiro atoms. The van der Waals surface area contributed by atoms with Gasteiger partial charge in [0, 0.05) is 12.0 Å². The second kappa shape index (κ2) is 5.41. The van der Waals surface area contributed by atoms with Crippen molar-refractivity contribution in [3.63, 3.8) is 0 Å². The van der Waals surface area contributed by atoms with Gasteiger partial charge in [0.25, 0.3) is 0 Å². The van der Waals surface area contributed by atoms with Crippen molar-refractivity contribution in [2.75, 3.05) is 6.54 Å². The van der Waals surface area contributed by atoms with Crippen LogP contribution in [0.2, 0.25) is 0 Å². The molecule has 0 fully saturated rings. The Morgan fingerprint density at radius 1 is 1.19 bits per heavy atom. The van der Waals surface area contributed by atoms with Crippen LogP contribution in [0.4, 0.5) is 0 Å². The van der Waals surface area contributed by atoms with E-state index in [-0.39, 0.29) is 5.60 Å². The molecule has 0 aromatic heterocycles. The van der Waals surface area contributed by atoms with Crippen molar-refractivity contribution >= 4 is 0 Å². The molecule has 0 amide bonds. The van der Waals surface area contributed by atoms with Gasteiger partial charge in [0.05, 0.1) is 0 Å². The topological polar surface area (TPSA) is 44.5 Å². The molecular formula is C18H21NO2. The Morgan fingerprint density at radius 3 is 2.81 bits per heavy atom. The number of fused-ring (bicyclic) bond motifs is 1. The van der Waals surface area contributed by atoms with Gasteiger partial charge in [-0.05, 0) is 50.6 Å². The lowest BCUT2D eigenvalue weighted by molar-refractivity contribution is 0.135. The molecule has 0 bridgehead atoms. The molecule has 2 aromatic carbocycles. The van der Waals surface area contributed by atoms with Gasteiger partial charge in [0.2, 0.25) is 0 Å². The van der Waals surface area contributed by atoms with Gasteiger partial charge < -0.3 is 15.2 Å². The Kier molecular flexibility index (Phi) is 3.60. The summed E-state index contributed by atoms with van der Waals surface area (Å²) in [5.74, 6) is 2.47. The Labute approximate surface area is 125 Å². The minimum atomic E-state index is -0.163. The van der Waals surface area contributed by atoms with E-state index in [1.54, 1.807) is 0 Å². The molecule has 1 heterocycles. The van der Waals surface area contributed by atoms with Gasteiger partial charge in [-0.3, -0.25) is 0 Å². The van der Waals surface area contributed by atoms with E-state index in [9.17, 15) is 0 Å². The minimum absolute atomic E-state index is 0.163. The fourth-order valence-corrected chi connectivity index (χ4v) is 2.73.